The Kier molecular flexibility index (Phi) is 4.64. The molecule has 1 aliphatic carbocycles. The summed E-state index contributed by atoms with van der Waals surface area (Å²) in [6.07, 6.45) is 6.18. The number of nitrogens with one attached hydrogen (secondary N) is 1. The summed E-state index contributed by atoms with van der Waals surface area (Å²) in [5.74, 6) is -0.536. The first-order valence-electron chi connectivity index (χ1n) is 8.15. The maximum atomic E-state index is 12.7. The highest BCUT2D eigenvalue weighted by Gasteiger charge is 2.40. The van der Waals surface area contributed by atoms with E-state index in [1.807, 2.05) is 0 Å². The van der Waals surface area contributed by atoms with E-state index in [-0.39, 0.29) is 11.6 Å². The highest BCUT2D eigenvalue weighted by Crippen LogP contribution is 2.26. The molecule has 24 heavy (non-hydrogen) atoms. The lowest BCUT2D eigenvalue weighted by molar-refractivity contribution is -0.132. The van der Waals surface area contributed by atoms with Gasteiger partial charge >= 0.3 is 6.03 Å². The monoisotopic (exact) mass is 328 g/mol. The molecule has 0 spiro atoms. The number of ether oxygens (including phenoxy) is 1. The van der Waals surface area contributed by atoms with Crippen LogP contribution in [0.15, 0.2) is 29.8 Å². The van der Waals surface area contributed by atoms with Crippen LogP contribution in [0, 0.1) is 0 Å². The molecule has 0 radical (unpaired) electrons. The van der Waals surface area contributed by atoms with Gasteiger partial charge in [0.05, 0.1) is 7.11 Å². The van der Waals surface area contributed by atoms with Gasteiger partial charge in [-0.25, -0.2) is 4.79 Å². The van der Waals surface area contributed by atoms with Gasteiger partial charge < -0.3 is 4.74 Å². The second-order valence-corrected chi connectivity index (χ2v) is 6.06. The van der Waals surface area contributed by atoms with Gasteiger partial charge in [0.1, 0.15) is 11.3 Å². The van der Waals surface area contributed by atoms with Crippen LogP contribution in [0.3, 0.4) is 0 Å². The maximum Gasteiger partial charge on any atom is 0.331 e. The Bertz CT molecular complexity index is 705. The molecule has 1 saturated heterocycles. The average molecular weight is 328 g/mol. The van der Waals surface area contributed by atoms with Crippen molar-refractivity contribution in [2.24, 2.45) is 0 Å². The van der Waals surface area contributed by atoms with Crippen LogP contribution in [0.5, 0.6) is 5.75 Å². The Balaban J connectivity index is 1.91. The van der Waals surface area contributed by atoms with Crippen molar-refractivity contribution < 1.29 is 19.1 Å². The van der Waals surface area contributed by atoms with E-state index in [2.05, 4.69) is 5.32 Å². The van der Waals surface area contributed by atoms with Gasteiger partial charge in [-0.1, -0.05) is 31.4 Å². The van der Waals surface area contributed by atoms with Crippen molar-refractivity contribution in [2.45, 2.75) is 38.1 Å². The summed E-state index contributed by atoms with van der Waals surface area (Å²) < 4.78 is 5.15. The minimum absolute atomic E-state index is 0.0200. The Hall–Kier alpha value is -2.63. The van der Waals surface area contributed by atoms with Gasteiger partial charge in [0, 0.05) is 6.04 Å². The van der Waals surface area contributed by atoms with Crippen LogP contribution in [0.2, 0.25) is 0 Å². The first-order chi connectivity index (χ1) is 11.6. The van der Waals surface area contributed by atoms with Gasteiger partial charge in [-0.2, -0.15) is 0 Å². The zero-order valence-corrected chi connectivity index (χ0v) is 13.6. The lowest BCUT2D eigenvalue weighted by Crippen LogP contribution is -2.58. The molecule has 0 unspecified atom stereocenters. The lowest BCUT2D eigenvalue weighted by Gasteiger charge is -2.35. The molecule has 1 aliphatic heterocycles. The van der Waals surface area contributed by atoms with Crippen molar-refractivity contribution in [3.63, 3.8) is 0 Å². The molecule has 6 heteroatoms. The van der Waals surface area contributed by atoms with E-state index in [1.54, 1.807) is 31.4 Å². The number of benzene rings is 1. The quantitative estimate of drug-likeness (QED) is 0.683. The number of methoxy groups -OCH3 is 1. The van der Waals surface area contributed by atoms with E-state index in [0.717, 1.165) is 32.1 Å². The van der Waals surface area contributed by atoms with Crippen molar-refractivity contribution in [2.75, 3.05) is 7.11 Å². The fourth-order valence-electron chi connectivity index (χ4n) is 3.24. The summed E-state index contributed by atoms with van der Waals surface area (Å²) in [4.78, 5) is 38.2. The van der Waals surface area contributed by atoms with E-state index >= 15 is 0 Å². The molecule has 0 aromatic heterocycles. The molecule has 1 heterocycles. The van der Waals surface area contributed by atoms with Crippen molar-refractivity contribution in [1.29, 1.82) is 0 Å². The summed E-state index contributed by atoms with van der Waals surface area (Å²) in [6, 6.07) is 6.32. The van der Waals surface area contributed by atoms with Crippen LogP contribution in [-0.4, -0.2) is 35.9 Å². The summed E-state index contributed by atoms with van der Waals surface area (Å²) in [5.41, 5.74) is 0.652. The highest BCUT2D eigenvalue weighted by molar-refractivity contribution is 6.31. The zero-order chi connectivity index (χ0) is 17.1. The predicted octanol–water partition coefficient (Wildman–Crippen LogP) is 2.49. The molecule has 2 aliphatic rings. The van der Waals surface area contributed by atoms with Gasteiger partial charge in [-0.3, -0.25) is 19.8 Å². The number of hydrogen-bond acceptors (Lipinski definition) is 4. The zero-order valence-electron chi connectivity index (χ0n) is 13.6. The Morgan fingerprint density at radius 1 is 1.17 bits per heavy atom. The van der Waals surface area contributed by atoms with Crippen LogP contribution in [-0.2, 0) is 9.59 Å². The molecule has 2 fully saturated rings. The van der Waals surface area contributed by atoms with Crippen LogP contribution < -0.4 is 10.1 Å². The van der Waals surface area contributed by atoms with E-state index in [9.17, 15) is 14.4 Å². The molecule has 1 aromatic rings. The topological polar surface area (TPSA) is 75.7 Å². The smallest absolute Gasteiger partial charge is 0.331 e. The van der Waals surface area contributed by atoms with Gasteiger partial charge in [-0.05, 0) is 36.6 Å². The Morgan fingerprint density at radius 2 is 1.92 bits per heavy atom. The van der Waals surface area contributed by atoms with Gasteiger partial charge in [0.15, 0.2) is 0 Å². The van der Waals surface area contributed by atoms with Crippen molar-refractivity contribution in [3.8, 4) is 5.75 Å². The van der Waals surface area contributed by atoms with Crippen LogP contribution in [0.4, 0.5) is 4.79 Å². The number of amides is 4. The van der Waals surface area contributed by atoms with Crippen molar-refractivity contribution >= 4 is 23.9 Å². The summed E-state index contributed by atoms with van der Waals surface area (Å²) in [6.45, 7) is 0. The predicted molar refractivity (Wildman–Crippen MR) is 88.2 cm³/mol. The first-order valence-corrected chi connectivity index (χ1v) is 8.15. The SMILES string of the molecule is COc1cccc(/C=C2/C(=O)NC(=O)N(C3CCCCC3)C2=O)c1. The number of carbonyl (C=O) groups is 3. The van der Waals surface area contributed by atoms with E-state index < -0.39 is 17.8 Å². The summed E-state index contributed by atoms with van der Waals surface area (Å²) >= 11 is 0. The molecule has 126 valence electrons. The first kappa shape index (κ1) is 16.2. The van der Waals surface area contributed by atoms with Gasteiger partial charge in [0.25, 0.3) is 11.8 Å². The minimum atomic E-state index is -0.653. The van der Waals surface area contributed by atoms with Crippen LogP contribution in [0.1, 0.15) is 37.7 Å². The van der Waals surface area contributed by atoms with Crippen LogP contribution >= 0.6 is 0 Å². The fourth-order valence-corrected chi connectivity index (χ4v) is 3.24. The van der Waals surface area contributed by atoms with Gasteiger partial charge in [-0.15, -0.1) is 0 Å². The number of barbiturate groups is 1. The molecule has 3 rings (SSSR count). The standard InChI is InChI=1S/C18H20N2O4/c1-24-14-9-5-6-12(10-14)11-15-16(21)19-18(23)20(17(15)22)13-7-3-2-4-8-13/h5-6,9-11,13H,2-4,7-8H2,1H3,(H,19,21,23)/b15-11-. The molecule has 0 bridgehead atoms. The number of rotatable bonds is 3. The third-order valence-electron chi connectivity index (χ3n) is 4.48. The Labute approximate surface area is 140 Å². The van der Waals surface area contributed by atoms with Crippen molar-refractivity contribution in [1.82, 2.24) is 10.2 Å². The molecule has 4 amide bonds. The third kappa shape index (κ3) is 3.18. The lowest BCUT2D eigenvalue weighted by atomic mass is 9.93. The number of urea groups is 1. The van der Waals surface area contributed by atoms with Crippen molar-refractivity contribution in [3.05, 3.63) is 35.4 Å². The fraction of sp³-hybridized carbons (Fsp3) is 0.389. The summed E-state index contributed by atoms with van der Waals surface area (Å²) in [5, 5.41) is 2.28. The maximum absolute atomic E-state index is 12.7. The van der Waals surface area contributed by atoms with Gasteiger partial charge in [0.2, 0.25) is 0 Å². The molecule has 1 saturated carbocycles. The van der Waals surface area contributed by atoms with Crippen LogP contribution in [0.25, 0.3) is 6.08 Å². The largest absolute Gasteiger partial charge is 0.497 e. The molecule has 6 nitrogen and oxygen atoms in total. The second kappa shape index (κ2) is 6.86. The molecule has 1 aromatic carbocycles. The third-order valence-corrected chi connectivity index (χ3v) is 4.48. The number of nitrogens with zero attached hydrogens (tertiary/aromatic N) is 1. The highest BCUT2D eigenvalue weighted by atomic mass is 16.5. The molecule has 0 atom stereocenters. The number of carbonyl (C=O) groups excluding carboxylic acids is 3. The molecular formula is C18H20N2O4. The Morgan fingerprint density at radius 3 is 2.62 bits per heavy atom. The normalized spacial score (nSPS) is 21.1. The second-order valence-electron chi connectivity index (χ2n) is 6.06. The summed E-state index contributed by atoms with van der Waals surface area (Å²) in [7, 11) is 1.55. The van der Waals surface area contributed by atoms with E-state index in [0.29, 0.717) is 11.3 Å². The average Bonchev–Trinajstić information content (AvgIpc) is 2.59. The number of hydrogen-bond donors (Lipinski definition) is 1. The van der Waals surface area contributed by atoms with E-state index in [4.69, 9.17) is 4.74 Å². The molecular weight excluding hydrogens is 308 g/mol. The minimum Gasteiger partial charge on any atom is -0.497 e. The van der Waals surface area contributed by atoms with E-state index in [1.165, 1.54) is 11.0 Å². The number of imide groups is 2. The molecule has 1 N–H and O–H groups in total.